The number of benzene rings is 3. The molecule has 0 heterocycles. The normalized spacial score (nSPS) is 16.3. The van der Waals surface area contributed by atoms with Crippen LogP contribution in [0.3, 0.4) is 0 Å². The van der Waals surface area contributed by atoms with Gasteiger partial charge in [0.2, 0.25) is 5.91 Å². The fourth-order valence-corrected chi connectivity index (χ4v) is 4.74. The maximum Gasteiger partial charge on any atom is 0.235 e. The van der Waals surface area contributed by atoms with Crippen molar-refractivity contribution < 1.29 is 14.3 Å². The van der Waals surface area contributed by atoms with Gasteiger partial charge in [0.25, 0.3) is 0 Å². The molecule has 0 saturated heterocycles. The lowest BCUT2D eigenvalue weighted by atomic mass is 9.68. The molecular weight excluding hydrogens is 398 g/mol. The summed E-state index contributed by atoms with van der Waals surface area (Å²) in [5.41, 5.74) is 1.38. The average molecular weight is 432 g/mol. The zero-order valence-corrected chi connectivity index (χ0v) is 19.3. The second-order valence-corrected chi connectivity index (χ2v) is 8.82. The van der Waals surface area contributed by atoms with Crippen molar-refractivity contribution in [3.63, 3.8) is 0 Å². The number of fused-ring (bicyclic) bond motifs is 1. The number of ether oxygens (including phenoxy) is 2. The highest BCUT2D eigenvalue weighted by molar-refractivity contribution is 6.07. The number of anilines is 1. The standard InChI is InChI=1S/C28H33NO3/c1-4-20(2)32-26-17-16-25(23-10-6-7-11-24(23)26)29-27(30)28(18-8-5-9-19-28)21-12-14-22(31-3)15-13-21/h6-7,10-17,20H,4-5,8-9,18-19H2,1-3H3,(H,29,30)/t20-/m0/s1. The van der Waals surface area contributed by atoms with Gasteiger partial charge in [0.1, 0.15) is 11.5 Å². The Bertz CT molecular complexity index is 1070. The molecule has 1 amide bonds. The molecule has 3 aromatic carbocycles. The molecular formula is C28H33NO3. The first-order valence-corrected chi connectivity index (χ1v) is 11.7. The van der Waals surface area contributed by atoms with Crippen LogP contribution in [0.5, 0.6) is 11.5 Å². The monoisotopic (exact) mass is 431 g/mol. The van der Waals surface area contributed by atoms with Crippen LogP contribution in [0.4, 0.5) is 5.69 Å². The summed E-state index contributed by atoms with van der Waals surface area (Å²) in [5.74, 6) is 1.74. The maximum atomic E-state index is 13.8. The molecule has 0 aromatic heterocycles. The van der Waals surface area contributed by atoms with Crippen LogP contribution in [-0.4, -0.2) is 19.1 Å². The van der Waals surface area contributed by atoms with Gasteiger partial charge in [-0.15, -0.1) is 0 Å². The molecule has 1 saturated carbocycles. The predicted octanol–water partition coefficient (Wildman–Crippen LogP) is 6.87. The Labute approximate surface area is 190 Å². The lowest BCUT2D eigenvalue weighted by molar-refractivity contribution is -0.122. The Morgan fingerprint density at radius 1 is 0.969 bits per heavy atom. The lowest BCUT2D eigenvalue weighted by Gasteiger charge is -2.36. The van der Waals surface area contributed by atoms with Crippen molar-refractivity contribution in [3.8, 4) is 11.5 Å². The molecule has 4 heteroatoms. The Balaban J connectivity index is 1.68. The summed E-state index contributed by atoms with van der Waals surface area (Å²) in [5, 5.41) is 5.31. The molecule has 1 N–H and O–H groups in total. The van der Waals surface area contributed by atoms with Gasteiger partial charge in [-0.1, -0.05) is 62.6 Å². The van der Waals surface area contributed by atoms with Gasteiger partial charge in [-0.3, -0.25) is 4.79 Å². The van der Waals surface area contributed by atoms with E-state index >= 15 is 0 Å². The Hall–Kier alpha value is -3.01. The van der Waals surface area contributed by atoms with Crippen LogP contribution in [-0.2, 0) is 10.2 Å². The number of hydrogen-bond acceptors (Lipinski definition) is 3. The molecule has 1 aliphatic rings. The summed E-state index contributed by atoms with van der Waals surface area (Å²) < 4.78 is 11.5. The van der Waals surface area contributed by atoms with Crippen LogP contribution < -0.4 is 14.8 Å². The van der Waals surface area contributed by atoms with E-state index < -0.39 is 5.41 Å². The van der Waals surface area contributed by atoms with Crippen LogP contribution in [0.15, 0.2) is 60.7 Å². The SMILES string of the molecule is CC[C@H](C)Oc1ccc(NC(=O)C2(c3ccc(OC)cc3)CCCCC2)c2ccccc12. The maximum absolute atomic E-state index is 13.8. The summed E-state index contributed by atoms with van der Waals surface area (Å²) in [6.07, 6.45) is 6.09. The fourth-order valence-electron chi connectivity index (χ4n) is 4.74. The second-order valence-electron chi connectivity index (χ2n) is 8.82. The van der Waals surface area contributed by atoms with Crippen molar-refractivity contribution in [2.45, 2.75) is 63.9 Å². The van der Waals surface area contributed by atoms with Gasteiger partial charge < -0.3 is 14.8 Å². The molecule has 0 radical (unpaired) electrons. The van der Waals surface area contributed by atoms with E-state index in [4.69, 9.17) is 9.47 Å². The Morgan fingerprint density at radius 2 is 1.66 bits per heavy atom. The molecule has 1 atom stereocenters. The average Bonchev–Trinajstić information content (AvgIpc) is 2.85. The summed E-state index contributed by atoms with van der Waals surface area (Å²) in [6, 6.07) is 20.1. The summed E-state index contributed by atoms with van der Waals surface area (Å²) >= 11 is 0. The number of carbonyl (C=O) groups excluding carboxylic acids is 1. The number of amides is 1. The quantitative estimate of drug-likeness (QED) is 0.444. The van der Waals surface area contributed by atoms with E-state index in [-0.39, 0.29) is 12.0 Å². The highest BCUT2D eigenvalue weighted by Crippen LogP contribution is 2.42. The third-order valence-electron chi connectivity index (χ3n) is 6.82. The number of hydrogen-bond donors (Lipinski definition) is 1. The molecule has 0 unspecified atom stereocenters. The van der Waals surface area contributed by atoms with Crippen LogP contribution in [0, 0.1) is 0 Å². The molecule has 0 spiro atoms. The lowest BCUT2D eigenvalue weighted by Crippen LogP contribution is -2.42. The van der Waals surface area contributed by atoms with Crippen LogP contribution in [0.1, 0.15) is 57.9 Å². The van der Waals surface area contributed by atoms with Crippen molar-refractivity contribution in [1.29, 1.82) is 0 Å². The van der Waals surface area contributed by atoms with Crippen LogP contribution in [0.2, 0.25) is 0 Å². The zero-order valence-electron chi connectivity index (χ0n) is 19.3. The molecule has 1 fully saturated rings. The van der Waals surface area contributed by atoms with E-state index in [9.17, 15) is 4.79 Å². The van der Waals surface area contributed by atoms with E-state index in [0.29, 0.717) is 0 Å². The van der Waals surface area contributed by atoms with Gasteiger partial charge in [0.05, 0.1) is 18.6 Å². The van der Waals surface area contributed by atoms with Crippen LogP contribution in [0.25, 0.3) is 10.8 Å². The molecule has 1 aliphatic carbocycles. The number of carbonyl (C=O) groups is 1. The first kappa shape index (κ1) is 22.2. The van der Waals surface area contributed by atoms with Crippen molar-refractivity contribution >= 4 is 22.4 Å². The van der Waals surface area contributed by atoms with E-state index in [1.54, 1.807) is 7.11 Å². The molecule has 4 rings (SSSR count). The molecule has 168 valence electrons. The summed E-state index contributed by atoms with van der Waals surface area (Å²) in [4.78, 5) is 13.8. The third-order valence-corrected chi connectivity index (χ3v) is 6.82. The largest absolute Gasteiger partial charge is 0.497 e. The van der Waals surface area contributed by atoms with Gasteiger partial charge in [0.15, 0.2) is 0 Å². The summed E-state index contributed by atoms with van der Waals surface area (Å²) in [6.45, 7) is 4.19. The highest BCUT2D eigenvalue weighted by atomic mass is 16.5. The first-order valence-electron chi connectivity index (χ1n) is 11.7. The van der Waals surface area contributed by atoms with Crippen molar-refractivity contribution in [2.24, 2.45) is 0 Å². The number of nitrogens with one attached hydrogen (secondary N) is 1. The van der Waals surface area contributed by atoms with Gasteiger partial charge in [-0.2, -0.15) is 0 Å². The molecule has 32 heavy (non-hydrogen) atoms. The smallest absolute Gasteiger partial charge is 0.235 e. The van der Waals surface area contributed by atoms with Crippen molar-refractivity contribution in [3.05, 3.63) is 66.2 Å². The summed E-state index contributed by atoms with van der Waals surface area (Å²) in [7, 11) is 1.66. The molecule has 0 bridgehead atoms. The Morgan fingerprint density at radius 3 is 2.31 bits per heavy atom. The number of rotatable bonds is 7. The third kappa shape index (κ3) is 4.32. The second kappa shape index (κ2) is 9.64. The zero-order chi connectivity index (χ0) is 22.6. The Kier molecular flexibility index (Phi) is 6.69. The van der Waals surface area contributed by atoms with E-state index in [1.165, 1.54) is 6.42 Å². The minimum atomic E-state index is -0.516. The fraction of sp³-hybridized carbons (Fsp3) is 0.393. The molecule has 4 nitrogen and oxygen atoms in total. The van der Waals surface area contributed by atoms with Crippen LogP contribution >= 0.6 is 0 Å². The minimum Gasteiger partial charge on any atom is -0.497 e. The van der Waals surface area contributed by atoms with E-state index in [1.807, 2.05) is 48.5 Å². The first-order chi connectivity index (χ1) is 15.6. The highest BCUT2D eigenvalue weighted by Gasteiger charge is 2.41. The van der Waals surface area contributed by atoms with Crippen molar-refractivity contribution in [2.75, 3.05) is 12.4 Å². The van der Waals surface area contributed by atoms with Crippen molar-refractivity contribution in [1.82, 2.24) is 0 Å². The van der Waals surface area contributed by atoms with Gasteiger partial charge in [-0.25, -0.2) is 0 Å². The molecule has 0 aliphatic heterocycles. The number of methoxy groups -OCH3 is 1. The minimum absolute atomic E-state index is 0.0723. The predicted molar refractivity (Wildman–Crippen MR) is 131 cm³/mol. The van der Waals surface area contributed by atoms with Gasteiger partial charge in [-0.05, 0) is 56.0 Å². The van der Waals surface area contributed by atoms with E-state index in [0.717, 1.165) is 65.6 Å². The van der Waals surface area contributed by atoms with Gasteiger partial charge in [0, 0.05) is 16.5 Å². The van der Waals surface area contributed by atoms with E-state index in [2.05, 4.69) is 31.3 Å². The van der Waals surface area contributed by atoms with Gasteiger partial charge >= 0.3 is 0 Å². The molecule has 3 aromatic rings. The topological polar surface area (TPSA) is 47.6 Å².